The van der Waals surface area contributed by atoms with E-state index in [1.807, 2.05) is 12.1 Å². The third kappa shape index (κ3) is 3.61. The van der Waals surface area contributed by atoms with Gasteiger partial charge in [0.15, 0.2) is 18.1 Å². The highest BCUT2D eigenvalue weighted by molar-refractivity contribution is 5.78. The quantitative estimate of drug-likeness (QED) is 0.827. The van der Waals surface area contributed by atoms with E-state index in [1.165, 1.54) is 0 Å². The van der Waals surface area contributed by atoms with Crippen molar-refractivity contribution in [3.63, 3.8) is 0 Å². The van der Waals surface area contributed by atoms with Crippen molar-refractivity contribution < 1.29 is 23.7 Å². The van der Waals surface area contributed by atoms with Crippen molar-refractivity contribution in [3.8, 4) is 11.5 Å². The third-order valence-electron chi connectivity index (χ3n) is 3.11. The maximum atomic E-state index is 11.8. The Kier molecular flexibility index (Phi) is 5.20. The molecule has 1 aliphatic heterocycles. The largest absolute Gasteiger partial charge is 0.493 e. The number of ether oxygens (including phenoxy) is 4. The predicted octanol–water partition coefficient (Wildman–Crippen LogP) is 0.604. The van der Waals surface area contributed by atoms with E-state index in [4.69, 9.17) is 18.9 Å². The SMILES string of the molecule is COc1ccccc1OCC(=O)N[C@H]1COC[C@@H]1OC. The van der Waals surface area contributed by atoms with Crippen LogP contribution in [0.15, 0.2) is 24.3 Å². The highest BCUT2D eigenvalue weighted by Gasteiger charge is 2.29. The average molecular weight is 281 g/mol. The Morgan fingerprint density at radius 1 is 1.30 bits per heavy atom. The van der Waals surface area contributed by atoms with Crippen LogP contribution in [0.4, 0.5) is 0 Å². The normalized spacial score (nSPS) is 21.5. The van der Waals surface area contributed by atoms with Gasteiger partial charge in [-0.2, -0.15) is 0 Å². The number of carbonyl (C=O) groups is 1. The summed E-state index contributed by atoms with van der Waals surface area (Å²) < 4.78 is 21.1. The second-order valence-electron chi connectivity index (χ2n) is 4.43. The lowest BCUT2D eigenvalue weighted by molar-refractivity contribution is -0.124. The van der Waals surface area contributed by atoms with Crippen LogP contribution >= 0.6 is 0 Å². The Morgan fingerprint density at radius 2 is 2.05 bits per heavy atom. The molecule has 0 bridgehead atoms. The van der Waals surface area contributed by atoms with Crippen LogP contribution in [0.2, 0.25) is 0 Å². The summed E-state index contributed by atoms with van der Waals surface area (Å²) in [7, 11) is 3.16. The molecule has 1 aliphatic rings. The van der Waals surface area contributed by atoms with Crippen molar-refractivity contribution in [3.05, 3.63) is 24.3 Å². The fourth-order valence-electron chi connectivity index (χ4n) is 2.03. The average Bonchev–Trinajstić information content (AvgIpc) is 2.92. The van der Waals surface area contributed by atoms with Crippen LogP contribution < -0.4 is 14.8 Å². The number of carbonyl (C=O) groups excluding carboxylic acids is 1. The number of rotatable bonds is 6. The molecular formula is C14H19NO5. The van der Waals surface area contributed by atoms with Crippen molar-refractivity contribution >= 4 is 5.91 Å². The van der Waals surface area contributed by atoms with Crippen molar-refractivity contribution in [1.82, 2.24) is 5.32 Å². The molecule has 1 N–H and O–H groups in total. The summed E-state index contributed by atoms with van der Waals surface area (Å²) in [6.07, 6.45) is -0.106. The molecule has 0 radical (unpaired) electrons. The molecule has 1 aromatic rings. The van der Waals surface area contributed by atoms with Crippen molar-refractivity contribution in [1.29, 1.82) is 0 Å². The summed E-state index contributed by atoms with van der Waals surface area (Å²) in [5, 5.41) is 2.83. The molecule has 110 valence electrons. The van der Waals surface area contributed by atoms with Gasteiger partial charge in [0.05, 0.1) is 26.4 Å². The molecular weight excluding hydrogens is 262 g/mol. The third-order valence-corrected chi connectivity index (χ3v) is 3.11. The Bertz CT molecular complexity index is 451. The number of amides is 1. The number of hydrogen-bond acceptors (Lipinski definition) is 5. The number of hydrogen-bond donors (Lipinski definition) is 1. The molecule has 6 nitrogen and oxygen atoms in total. The van der Waals surface area contributed by atoms with E-state index >= 15 is 0 Å². The predicted molar refractivity (Wildman–Crippen MR) is 72.0 cm³/mol. The second kappa shape index (κ2) is 7.12. The van der Waals surface area contributed by atoms with Crippen LogP contribution in [-0.4, -0.2) is 52.1 Å². The first-order valence-electron chi connectivity index (χ1n) is 6.40. The van der Waals surface area contributed by atoms with Crippen LogP contribution in [0.5, 0.6) is 11.5 Å². The van der Waals surface area contributed by atoms with Gasteiger partial charge in [0, 0.05) is 7.11 Å². The second-order valence-corrected chi connectivity index (χ2v) is 4.43. The van der Waals surface area contributed by atoms with Gasteiger partial charge < -0.3 is 24.3 Å². The summed E-state index contributed by atoms with van der Waals surface area (Å²) in [6, 6.07) is 7.06. The molecule has 0 spiro atoms. The van der Waals surface area contributed by atoms with Crippen LogP contribution in [0, 0.1) is 0 Å². The zero-order valence-corrected chi connectivity index (χ0v) is 11.6. The smallest absolute Gasteiger partial charge is 0.258 e. The molecule has 20 heavy (non-hydrogen) atoms. The molecule has 1 heterocycles. The van der Waals surface area contributed by atoms with E-state index in [0.29, 0.717) is 24.7 Å². The van der Waals surface area contributed by atoms with E-state index in [2.05, 4.69) is 5.32 Å². The summed E-state index contributed by atoms with van der Waals surface area (Å²) in [4.78, 5) is 11.8. The van der Waals surface area contributed by atoms with Crippen molar-refractivity contribution in [2.45, 2.75) is 12.1 Å². The maximum absolute atomic E-state index is 11.8. The number of para-hydroxylation sites is 2. The van der Waals surface area contributed by atoms with Gasteiger partial charge >= 0.3 is 0 Å². The maximum Gasteiger partial charge on any atom is 0.258 e. The molecule has 0 unspecified atom stereocenters. The van der Waals surface area contributed by atoms with E-state index in [0.717, 1.165) is 0 Å². The zero-order chi connectivity index (χ0) is 14.4. The fraction of sp³-hybridized carbons (Fsp3) is 0.500. The van der Waals surface area contributed by atoms with Crippen LogP contribution in [0.25, 0.3) is 0 Å². The van der Waals surface area contributed by atoms with E-state index < -0.39 is 0 Å². The fourth-order valence-corrected chi connectivity index (χ4v) is 2.03. The summed E-state index contributed by atoms with van der Waals surface area (Å²) >= 11 is 0. The Hall–Kier alpha value is -1.79. The first-order valence-corrected chi connectivity index (χ1v) is 6.40. The summed E-state index contributed by atoms with van der Waals surface area (Å²) in [5.41, 5.74) is 0. The molecule has 2 rings (SSSR count). The number of nitrogens with one attached hydrogen (secondary N) is 1. The number of benzene rings is 1. The minimum Gasteiger partial charge on any atom is -0.493 e. The van der Waals surface area contributed by atoms with Gasteiger partial charge in [-0.1, -0.05) is 12.1 Å². The van der Waals surface area contributed by atoms with Crippen LogP contribution in [0.3, 0.4) is 0 Å². The first-order chi connectivity index (χ1) is 9.74. The van der Waals surface area contributed by atoms with E-state index in [1.54, 1.807) is 26.4 Å². The molecule has 0 aromatic heterocycles. The highest BCUT2D eigenvalue weighted by atomic mass is 16.5. The van der Waals surface area contributed by atoms with E-state index in [-0.39, 0.29) is 24.7 Å². The Balaban J connectivity index is 1.83. The first kappa shape index (κ1) is 14.6. The van der Waals surface area contributed by atoms with Gasteiger partial charge in [-0.25, -0.2) is 0 Å². The lowest BCUT2D eigenvalue weighted by atomic mass is 10.2. The Labute approximate surface area is 118 Å². The van der Waals surface area contributed by atoms with Crippen LogP contribution in [-0.2, 0) is 14.3 Å². The van der Waals surface area contributed by atoms with E-state index in [9.17, 15) is 4.79 Å². The van der Waals surface area contributed by atoms with Gasteiger partial charge in [0.2, 0.25) is 0 Å². The lowest BCUT2D eigenvalue weighted by Gasteiger charge is -2.18. The van der Waals surface area contributed by atoms with Crippen molar-refractivity contribution in [2.75, 3.05) is 34.0 Å². The molecule has 2 atom stereocenters. The monoisotopic (exact) mass is 281 g/mol. The molecule has 0 saturated carbocycles. The van der Waals surface area contributed by atoms with Gasteiger partial charge in [0.1, 0.15) is 6.10 Å². The summed E-state index contributed by atoms with van der Waals surface area (Å²) in [5.74, 6) is 0.920. The topological polar surface area (TPSA) is 66.0 Å². The highest BCUT2D eigenvalue weighted by Crippen LogP contribution is 2.25. The van der Waals surface area contributed by atoms with Crippen LogP contribution in [0.1, 0.15) is 0 Å². The van der Waals surface area contributed by atoms with Gasteiger partial charge in [-0.3, -0.25) is 4.79 Å². The molecule has 6 heteroatoms. The molecule has 1 fully saturated rings. The van der Waals surface area contributed by atoms with Gasteiger partial charge in [0.25, 0.3) is 5.91 Å². The Morgan fingerprint density at radius 3 is 2.75 bits per heavy atom. The minimum absolute atomic E-state index is 0.0761. The standard InChI is InChI=1S/C14H19NO5/c1-17-11-5-3-4-6-12(11)20-9-14(16)15-10-7-19-8-13(10)18-2/h3-6,10,13H,7-9H2,1-2H3,(H,15,16)/t10-,13-/m0/s1. The van der Waals surface area contributed by atoms with Gasteiger partial charge in [-0.15, -0.1) is 0 Å². The molecule has 1 saturated heterocycles. The summed E-state index contributed by atoms with van der Waals surface area (Å²) in [6.45, 7) is 0.876. The lowest BCUT2D eigenvalue weighted by Crippen LogP contribution is -2.45. The van der Waals surface area contributed by atoms with Crippen molar-refractivity contribution in [2.24, 2.45) is 0 Å². The minimum atomic E-state index is -0.214. The molecule has 1 aromatic carbocycles. The zero-order valence-electron chi connectivity index (χ0n) is 11.6. The number of methoxy groups -OCH3 is 2. The molecule has 1 amide bonds. The van der Waals surface area contributed by atoms with Gasteiger partial charge in [-0.05, 0) is 12.1 Å². The molecule has 0 aliphatic carbocycles.